The molecule has 1 N–H and O–H groups in total. The Morgan fingerprint density at radius 3 is 2.44 bits per heavy atom. The van der Waals surface area contributed by atoms with Crippen molar-refractivity contribution in [1.29, 1.82) is 0 Å². The minimum absolute atomic E-state index is 0.0972. The summed E-state index contributed by atoms with van der Waals surface area (Å²) in [5.74, 6) is 0.532. The molecule has 1 fully saturated rings. The van der Waals surface area contributed by atoms with E-state index in [1.54, 1.807) is 0 Å². The fourth-order valence-corrected chi connectivity index (χ4v) is 1.39. The van der Waals surface area contributed by atoms with Crippen LogP contribution in [-0.4, -0.2) is 23.9 Å². The summed E-state index contributed by atoms with van der Waals surface area (Å²) in [7, 11) is 0. The summed E-state index contributed by atoms with van der Waals surface area (Å²) in [6.07, 6.45) is 1.53. The van der Waals surface area contributed by atoms with Crippen molar-refractivity contribution in [1.82, 2.24) is 0 Å². The van der Waals surface area contributed by atoms with E-state index in [1.165, 1.54) is 0 Å². The summed E-state index contributed by atoms with van der Waals surface area (Å²) in [4.78, 5) is 0. The van der Waals surface area contributed by atoms with Crippen LogP contribution in [0.1, 0.15) is 20.3 Å². The number of ether oxygens (including phenoxy) is 1. The Hall–Kier alpha value is -0.0800. The average Bonchev–Trinajstić information content (AvgIpc) is 2.10. The monoisotopic (exact) mass is 130 g/mol. The second-order valence-electron chi connectivity index (χ2n) is 2.88. The molecule has 2 heteroatoms. The first-order valence-electron chi connectivity index (χ1n) is 3.50. The van der Waals surface area contributed by atoms with Gasteiger partial charge in [0.15, 0.2) is 0 Å². The molecule has 54 valence electrons. The second-order valence-corrected chi connectivity index (χ2v) is 2.88. The Morgan fingerprint density at radius 1 is 1.56 bits per heavy atom. The molecule has 1 rings (SSSR count). The van der Waals surface area contributed by atoms with Crippen LogP contribution in [-0.2, 0) is 4.74 Å². The molecule has 1 aliphatic heterocycles. The van der Waals surface area contributed by atoms with Crippen molar-refractivity contribution in [3.63, 3.8) is 0 Å². The van der Waals surface area contributed by atoms with Crippen molar-refractivity contribution in [2.75, 3.05) is 6.61 Å². The lowest BCUT2D eigenvalue weighted by molar-refractivity contribution is 0.00884. The molecule has 0 aromatic heterocycles. The van der Waals surface area contributed by atoms with Gasteiger partial charge in [0.25, 0.3) is 0 Å². The highest BCUT2D eigenvalue weighted by atomic mass is 16.5. The summed E-state index contributed by atoms with van der Waals surface area (Å²) >= 11 is 0. The summed E-state index contributed by atoms with van der Waals surface area (Å²) < 4.78 is 5.37. The fraction of sp³-hybridized carbons (Fsp3) is 1.00. The van der Waals surface area contributed by atoms with Crippen molar-refractivity contribution in [2.24, 2.45) is 5.92 Å². The third-order valence-electron chi connectivity index (χ3n) is 1.93. The number of rotatable bonds is 1. The smallest absolute Gasteiger partial charge is 0.0835 e. The Bertz CT molecular complexity index is 92.9. The van der Waals surface area contributed by atoms with Crippen LogP contribution in [0, 0.1) is 5.92 Å². The normalized spacial score (nSPS) is 43.7. The molecule has 0 radical (unpaired) electrons. The summed E-state index contributed by atoms with van der Waals surface area (Å²) in [5, 5.41) is 8.73. The van der Waals surface area contributed by atoms with Crippen LogP contribution in [0.3, 0.4) is 0 Å². The molecule has 1 saturated heterocycles. The van der Waals surface area contributed by atoms with E-state index in [9.17, 15) is 0 Å². The Balaban J connectivity index is 2.38. The van der Waals surface area contributed by atoms with Gasteiger partial charge in [-0.25, -0.2) is 0 Å². The third-order valence-corrected chi connectivity index (χ3v) is 1.93. The van der Waals surface area contributed by atoms with Crippen molar-refractivity contribution in [2.45, 2.75) is 32.5 Å². The van der Waals surface area contributed by atoms with Gasteiger partial charge < -0.3 is 9.84 Å². The largest absolute Gasteiger partial charge is 0.394 e. The lowest BCUT2D eigenvalue weighted by Crippen LogP contribution is -2.18. The van der Waals surface area contributed by atoms with Crippen LogP contribution < -0.4 is 0 Å². The highest BCUT2D eigenvalue weighted by molar-refractivity contribution is 4.76. The Labute approximate surface area is 55.8 Å². The van der Waals surface area contributed by atoms with E-state index in [2.05, 4.69) is 6.92 Å². The summed E-state index contributed by atoms with van der Waals surface area (Å²) in [6, 6.07) is 0. The van der Waals surface area contributed by atoms with Crippen molar-refractivity contribution >= 4 is 0 Å². The zero-order chi connectivity index (χ0) is 6.85. The standard InChI is InChI=1S/C7H14O2/c1-5-3-6(2)9-7(5)4-8/h5-8H,3-4H2,1-2H3/t5-,6?,7?/m1/s1. The predicted octanol–water partition coefficient (Wildman–Crippen LogP) is 0.792. The van der Waals surface area contributed by atoms with Gasteiger partial charge in [0.05, 0.1) is 18.8 Å². The van der Waals surface area contributed by atoms with Gasteiger partial charge in [-0.15, -0.1) is 0 Å². The van der Waals surface area contributed by atoms with Crippen LogP contribution in [0.2, 0.25) is 0 Å². The molecule has 0 aromatic carbocycles. The minimum atomic E-state index is 0.0972. The molecule has 0 spiro atoms. The SMILES string of the molecule is CC1C[C@@H](C)C(CO)O1. The van der Waals surface area contributed by atoms with Crippen molar-refractivity contribution in [3.8, 4) is 0 Å². The van der Waals surface area contributed by atoms with E-state index in [4.69, 9.17) is 9.84 Å². The number of aliphatic hydroxyl groups is 1. The molecule has 1 aliphatic rings. The highest BCUT2D eigenvalue weighted by Gasteiger charge is 2.28. The number of aliphatic hydroxyl groups excluding tert-OH is 1. The first-order valence-corrected chi connectivity index (χ1v) is 3.50. The molecule has 0 aromatic rings. The van der Waals surface area contributed by atoms with Gasteiger partial charge in [0.2, 0.25) is 0 Å². The Kier molecular flexibility index (Phi) is 2.09. The van der Waals surface area contributed by atoms with Gasteiger partial charge in [0.1, 0.15) is 0 Å². The molecule has 1 heterocycles. The molecule has 0 saturated carbocycles. The predicted molar refractivity (Wildman–Crippen MR) is 35.2 cm³/mol. The van der Waals surface area contributed by atoms with Crippen LogP contribution in [0.25, 0.3) is 0 Å². The van der Waals surface area contributed by atoms with Crippen LogP contribution in [0.4, 0.5) is 0 Å². The fourth-order valence-electron chi connectivity index (χ4n) is 1.39. The van der Waals surface area contributed by atoms with E-state index >= 15 is 0 Å². The topological polar surface area (TPSA) is 29.5 Å². The van der Waals surface area contributed by atoms with Gasteiger partial charge in [-0.3, -0.25) is 0 Å². The highest BCUT2D eigenvalue weighted by Crippen LogP contribution is 2.24. The lowest BCUT2D eigenvalue weighted by atomic mass is 10.0. The van der Waals surface area contributed by atoms with E-state index in [-0.39, 0.29) is 12.7 Å². The molecule has 9 heavy (non-hydrogen) atoms. The molecular weight excluding hydrogens is 116 g/mol. The van der Waals surface area contributed by atoms with E-state index < -0.39 is 0 Å². The van der Waals surface area contributed by atoms with E-state index in [0.717, 1.165) is 6.42 Å². The maximum Gasteiger partial charge on any atom is 0.0835 e. The maximum absolute atomic E-state index is 8.73. The minimum Gasteiger partial charge on any atom is -0.394 e. The van der Waals surface area contributed by atoms with Gasteiger partial charge in [-0.2, -0.15) is 0 Å². The van der Waals surface area contributed by atoms with Gasteiger partial charge in [-0.1, -0.05) is 6.92 Å². The van der Waals surface area contributed by atoms with Crippen molar-refractivity contribution < 1.29 is 9.84 Å². The number of hydrogen-bond donors (Lipinski definition) is 1. The quantitative estimate of drug-likeness (QED) is 0.568. The maximum atomic E-state index is 8.73. The van der Waals surface area contributed by atoms with Gasteiger partial charge in [-0.05, 0) is 19.3 Å². The van der Waals surface area contributed by atoms with Gasteiger partial charge in [0, 0.05) is 0 Å². The lowest BCUT2D eigenvalue weighted by Gasteiger charge is -2.09. The van der Waals surface area contributed by atoms with Crippen molar-refractivity contribution in [3.05, 3.63) is 0 Å². The zero-order valence-corrected chi connectivity index (χ0v) is 6.00. The Morgan fingerprint density at radius 2 is 2.22 bits per heavy atom. The van der Waals surface area contributed by atoms with Crippen LogP contribution in [0.15, 0.2) is 0 Å². The average molecular weight is 130 g/mol. The van der Waals surface area contributed by atoms with Crippen LogP contribution in [0.5, 0.6) is 0 Å². The molecule has 2 unspecified atom stereocenters. The van der Waals surface area contributed by atoms with E-state index in [0.29, 0.717) is 12.0 Å². The second kappa shape index (κ2) is 2.67. The molecule has 0 aliphatic carbocycles. The molecular formula is C7H14O2. The molecule has 2 nitrogen and oxygen atoms in total. The summed E-state index contributed by atoms with van der Waals surface area (Å²) in [6.45, 7) is 4.34. The first-order chi connectivity index (χ1) is 4.24. The van der Waals surface area contributed by atoms with Gasteiger partial charge >= 0.3 is 0 Å². The molecule has 0 bridgehead atoms. The van der Waals surface area contributed by atoms with Crippen LogP contribution >= 0.6 is 0 Å². The molecule has 0 amide bonds. The molecule has 3 atom stereocenters. The zero-order valence-electron chi connectivity index (χ0n) is 6.00. The summed E-state index contributed by atoms with van der Waals surface area (Å²) in [5.41, 5.74) is 0. The van der Waals surface area contributed by atoms with E-state index in [1.807, 2.05) is 6.92 Å². The first kappa shape index (κ1) is 7.03. The number of hydrogen-bond acceptors (Lipinski definition) is 2. The third kappa shape index (κ3) is 1.43.